The largest absolute Gasteiger partial charge is 0.501 e. The van der Waals surface area contributed by atoms with Crippen LogP contribution in [0.15, 0.2) is 23.0 Å². The van der Waals surface area contributed by atoms with Crippen molar-refractivity contribution >= 4 is 45.8 Å². The highest BCUT2D eigenvalue weighted by Gasteiger charge is 2.32. The van der Waals surface area contributed by atoms with Crippen molar-refractivity contribution in [2.45, 2.75) is 19.4 Å². The van der Waals surface area contributed by atoms with E-state index in [-0.39, 0.29) is 24.8 Å². The minimum atomic E-state index is -3.17. The molecule has 0 aliphatic carbocycles. The Kier molecular flexibility index (Phi) is 6.30. The highest BCUT2D eigenvalue weighted by Crippen LogP contribution is 2.48. The SMILES string of the molecule is Cn1c(N2CCCCS2(O)O)nc(C(=O)NCc2cc(Cl)ccc2Cl)c(O)c1=O. The number of carbonyl (C=O) groups is 1. The first-order valence-corrected chi connectivity index (χ1v) is 11.1. The third-order valence-corrected chi connectivity index (χ3v) is 7.00. The molecule has 9 nitrogen and oxygen atoms in total. The molecule has 1 aliphatic heterocycles. The van der Waals surface area contributed by atoms with Crippen LogP contribution in [-0.2, 0) is 13.6 Å². The number of aromatic nitrogens is 2. The molecular formula is C17H20Cl2N4O5S. The van der Waals surface area contributed by atoms with Gasteiger partial charge in [0.25, 0.3) is 11.5 Å². The van der Waals surface area contributed by atoms with Gasteiger partial charge in [-0.05, 0) is 36.6 Å². The summed E-state index contributed by atoms with van der Waals surface area (Å²) in [5.74, 6) is -1.61. The van der Waals surface area contributed by atoms with Crippen molar-refractivity contribution in [2.24, 2.45) is 7.05 Å². The molecule has 0 spiro atoms. The standard InChI is InChI=1S/C17H20Cl2N4O5S/c1-22-16(26)14(24)13(21-17(22)23-6-2-3-7-29(23,27)28)15(25)20-9-10-8-11(18)4-5-12(10)19/h4-5,8,24,27-28H,2-3,6-7,9H2,1H3,(H,20,25). The maximum atomic E-state index is 12.6. The van der Waals surface area contributed by atoms with E-state index >= 15 is 0 Å². The molecule has 1 aromatic carbocycles. The van der Waals surface area contributed by atoms with Crippen LogP contribution in [0.25, 0.3) is 0 Å². The molecular weight excluding hydrogens is 443 g/mol. The Hall–Kier alpha value is -1.98. The Labute approximate surface area is 178 Å². The topological polar surface area (TPSA) is 128 Å². The van der Waals surface area contributed by atoms with E-state index in [1.54, 1.807) is 18.2 Å². The van der Waals surface area contributed by atoms with Crippen LogP contribution in [0.2, 0.25) is 10.0 Å². The van der Waals surface area contributed by atoms with Gasteiger partial charge in [-0.2, -0.15) is 0 Å². The summed E-state index contributed by atoms with van der Waals surface area (Å²) in [6, 6.07) is 4.77. The number of nitrogens with zero attached hydrogens (tertiary/aromatic N) is 3. The van der Waals surface area contributed by atoms with Crippen molar-refractivity contribution in [3.8, 4) is 5.75 Å². The van der Waals surface area contributed by atoms with Gasteiger partial charge in [-0.3, -0.25) is 23.3 Å². The predicted octanol–water partition coefficient (Wildman–Crippen LogP) is 2.99. The minimum absolute atomic E-state index is 0.0111. The average molecular weight is 463 g/mol. The molecule has 2 heterocycles. The molecule has 0 unspecified atom stereocenters. The number of anilines is 1. The normalized spacial score (nSPS) is 17.1. The Bertz CT molecular complexity index is 1010. The van der Waals surface area contributed by atoms with Crippen LogP contribution in [0.4, 0.5) is 5.95 Å². The number of hydrogen-bond acceptors (Lipinski definition) is 7. The molecule has 1 amide bonds. The van der Waals surface area contributed by atoms with Gasteiger partial charge in [0.15, 0.2) is 5.69 Å². The first-order valence-electron chi connectivity index (χ1n) is 8.67. The maximum absolute atomic E-state index is 12.6. The fourth-order valence-corrected chi connectivity index (χ4v) is 4.97. The predicted molar refractivity (Wildman–Crippen MR) is 113 cm³/mol. The van der Waals surface area contributed by atoms with E-state index in [9.17, 15) is 23.8 Å². The van der Waals surface area contributed by atoms with Crippen LogP contribution < -0.4 is 15.2 Å². The molecule has 3 rings (SSSR count). The van der Waals surface area contributed by atoms with Crippen molar-refractivity contribution in [1.82, 2.24) is 14.9 Å². The zero-order valence-electron chi connectivity index (χ0n) is 15.4. The van der Waals surface area contributed by atoms with Crippen LogP contribution in [0, 0.1) is 0 Å². The summed E-state index contributed by atoms with van der Waals surface area (Å²) in [5, 5.41) is 13.5. The quantitative estimate of drug-likeness (QED) is 0.549. The monoisotopic (exact) mass is 462 g/mol. The van der Waals surface area contributed by atoms with Crippen LogP contribution >= 0.6 is 34.0 Å². The van der Waals surface area contributed by atoms with Gasteiger partial charge < -0.3 is 10.4 Å². The van der Waals surface area contributed by atoms with E-state index in [4.69, 9.17) is 23.2 Å². The number of amides is 1. The van der Waals surface area contributed by atoms with Gasteiger partial charge in [0, 0.05) is 30.2 Å². The van der Waals surface area contributed by atoms with Crippen LogP contribution in [-0.4, -0.2) is 42.0 Å². The van der Waals surface area contributed by atoms with Gasteiger partial charge in [-0.1, -0.05) is 23.2 Å². The van der Waals surface area contributed by atoms with E-state index in [1.807, 2.05) is 0 Å². The second-order valence-corrected chi connectivity index (χ2v) is 9.49. The number of hydrogen-bond donors (Lipinski definition) is 4. The second kappa shape index (κ2) is 8.41. The molecule has 0 atom stereocenters. The molecule has 1 aromatic heterocycles. The fraction of sp³-hybridized carbons (Fsp3) is 0.353. The Morgan fingerprint density at radius 3 is 2.72 bits per heavy atom. The molecule has 158 valence electrons. The zero-order chi connectivity index (χ0) is 21.3. The van der Waals surface area contributed by atoms with Gasteiger partial charge in [0.2, 0.25) is 11.7 Å². The second-order valence-electron chi connectivity index (χ2n) is 6.54. The summed E-state index contributed by atoms with van der Waals surface area (Å²) in [4.78, 5) is 29.1. The van der Waals surface area contributed by atoms with Gasteiger partial charge in [0.05, 0.1) is 5.75 Å². The molecule has 0 bridgehead atoms. The lowest BCUT2D eigenvalue weighted by Crippen LogP contribution is -2.39. The maximum Gasteiger partial charge on any atom is 0.297 e. The van der Waals surface area contributed by atoms with Gasteiger partial charge in [-0.15, -0.1) is 10.8 Å². The molecule has 12 heteroatoms. The van der Waals surface area contributed by atoms with E-state index in [0.29, 0.717) is 28.5 Å². The Morgan fingerprint density at radius 1 is 1.31 bits per heavy atom. The number of benzene rings is 1. The lowest BCUT2D eigenvalue weighted by molar-refractivity contribution is 0.0942. The van der Waals surface area contributed by atoms with Gasteiger partial charge >= 0.3 is 0 Å². The number of aromatic hydroxyl groups is 1. The number of carbonyl (C=O) groups excluding carboxylic acids is 1. The van der Waals surface area contributed by atoms with Gasteiger partial charge in [0.1, 0.15) is 0 Å². The molecule has 2 aromatic rings. The summed E-state index contributed by atoms with van der Waals surface area (Å²) in [6.45, 7) is 0.245. The molecule has 0 radical (unpaired) electrons. The highest BCUT2D eigenvalue weighted by atomic mass is 35.5. The fourth-order valence-electron chi connectivity index (χ4n) is 2.94. The molecule has 1 aliphatic rings. The van der Waals surface area contributed by atoms with Crippen molar-refractivity contribution in [3.63, 3.8) is 0 Å². The van der Waals surface area contributed by atoms with Crippen molar-refractivity contribution in [1.29, 1.82) is 0 Å². The molecule has 29 heavy (non-hydrogen) atoms. The minimum Gasteiger partial charge on any atom is -0.501 e. The Morgan fingerprint density at radius 2 is 2.03 bits per heavy atom. The van der Waals surface area contributed by atoms with E-state index in [0.717, 1.165) is 4.57 Å². The van der Waals surface area contributed by atoms with Crippen LogP contribution in [0.3, 0.4) is 0 Å². The van der Waals surface area contributed by atoms with Crippen molar-refractivity contribution in [2.75, 3.05) is 16.6 Å². The third-order valence-electron chi connectivity index (χ3n) is 4.51. The van der Waals surface area contributed by atoms with E-state index in [2.05, 4.69) is 10.3 Å². The molecule has 1 saturated heterocycles. The summed E-state index contributed by atoms with van der Waals surface area (Å²) >= 11 is 12.0. The number of nitrogens with one attached hydrogen (secondary N) is 1. The van der Waals surface area contributed by atoms with Crippen molar-refractivity contribution in [3.05, 3.63) is 49.9 Å². The first kappa shape index (κ1) is 21.7. The average Bonchev–Trinajstić information content (AvgIpc) is 2.67. The van der Waals surface area contributed by atoms with E-state index in [1.165, 1.54) is 11.4 Å². The van der Waals surface area contributed by atoms with E-state index < -0.39 is 33.7 Å². The summed E-state index contributed by atoms with van der Waals surface area (Å²) in [6.07, 6.45) is 1.29. The third kappa shape index (κ3) is 4.46. The lowest BCUT2D eigenvalue weighted by Gasteiger charge is -2.46. The van der Waals surface area contributed by atoms with Crippen LogP contribution in [0.5, 0.6) is 5.75 Å². The number of halogens is 2. The zero-order valence-corrected chi connectivity index (χ0v) is 17.8. The molecule has 0 saturated carbocycles. The molecule has 1 fully saturated rings. The summed E-state index contributed by atoms with van der Waals surface area (Å²) in [7, 11) is -1.84. The van der Waals surface area contributed by atoms with Crippen molar-refractivity contribution < 1.29 is 19.0 Å². The summed E-state index contributed by atoms with van der Waals surface area (Å²) < 4.78 is 22.9. The summed E-state index contributed by atoms with van der Waals surface area (Å²) in [5.41, 5.74) is -0.843. The first-order chi connectivity index (χ1) is 13.6. The Balaban J connectivity index is 1.92. The number of rotatable bonds is 4. The van der Waals surface area contributed by atoms with Gasteiger partial charge in [-0.25, -0.2) is 9.29 Å². The highest BCUT2D eigenvalue weighted by molar-refractivity contribution is 8.25. The lowest BCUT2D eigenvalue weighted by atomic mass is 10.2. The molecule has 4 N–H and O–H groups in total. The smallest absolute Gasteiger partial charge is 0.297 e. The van der Waals surface area contributed by atoms with Crippen LogP contribution in [0.1, 0.15) is 28.9 Å².